The van der Waals surface area contributed by atoms with Crippen LogP contribution in [-0.4, -0.2) is 25.6 Å². The van der Waals surface area contributed by atoms with Crippen molar-refractivity contribution in [2.45, 2.75) is 20.3 Å². The number of pyridine rings is 1. The highest BCUT2D eigenvalue weighted by Gasteiger charge is 2.17. The molecule has 1 heterocycles. The summed E-state index contributed by atoms with van der Waals surface area (Å²) in [5.41, 5.74) is 11.2. The van der Waals surface area contributed by atoms with Crippen LogP contribution in [0.4, 0.5) is 5.69 Å². The molecule has 1 aromatic heterocycles. The number of aryl methyl sites for hydroxylation is 2. The minimum absolute atomic E-state index is 0.609. The predicted octanol–water partition coefficient (Wildman–Crippen LogP) is 3.07. The van der Waals surface area contributed by atoms with Gasteiger partial charge in [-0.25, -0.2) is 0 Å². The van der Waals surface area contributed by atoms with Crippen LogP contribution in [0.15, 0.2) is 12.1 Å². The third-order valence-corrected chi connectivity index (χ3v) is 3.72. The van der Waals surface area contributed by atoms with E-state index in [-0.39, 0.29) is 0 Å². The fourth-order valence-corrected chi connectivity index (χ4v) is 2.78. The van der Waals surface area contributed by atoms with Crippen LogP contribution in [-0.2, 0) is 6.42 Å². The van der Waals surface area contributed by atoms with Crippen molar-refractivity contribution in [3.8, 4) is 0 Å². The lowest BCUT2D eigenvalue weighted by atomic mass is 10.0. The third kappa shape index (κ3) is 2.40. The van der Waals surface area contributed by atoms with Gasteiger partial charge in [0.05, 0.1) is 16.2 Å². The van der Waals surface area contributed by atoms with Gasteiger partial charge in [0.2, 0.25) is 0 Å². The van der Waals surface area contributed by atoms with Crippen LogP contribution in [0.1, 0.15) is 16.8 Å². The quantitative estimate of drug-likeness (QED) is 0.937. The lowest BCUT2D eigenvalue weighted by molar-refractivity contribution is 0.933. The molecule has 0 saturated heterocycles. The van der Waals surface area contributed by atoms with Crippen molar-refractivity contribution in [1.29, 1.82) is 0 Å². The normalized spacial score (nSPS) is 11.1. The Balaban J connectivity index is 2.94. The van der Waals surface area contributed by atoms with Crippen LogP contribution in [0.2, 0.25) is 5.02 Å². The van der Waals surface area contributed by atoms with Crippen LogP contribution in [0.3, 0.4) is 0 Å². The number of nitrogens with zero attached hydrogens (tertiary/aromatic N) is 2. The molecule has 0 aliphatic heterocycles. The van der Waals surface area contributed by atoms with Crippen LogP contribution in [0.5, 0.6) is 0 Å². The molecule has 0 unspecified atom stereocenters. The highest BCUT2D eigenvalue weighted by Crippen LogP contribution is 2.36. The lowest BCUT2D eigenvalue weighted by Crippen LogP contribution is -2.16. The number of hydrogen-bond donors (Lipinski definition) is 1. The van der Waals surface area contributed by atoms with E-state index in [0.29, 0.717) is 6.54 Å². The van der Waals surface area contributed by atoms with Gasteiger partial charge in [-0.1, -0.05) is 17.7 Å². The first-order valence-corrected chi connectivity index (χ1v) is 6.80. The number of nitrogens with two attached hydrogens (primary N) is 1. The predicted molar refractivity (Wildman–Crippen MR) is 83.3 cm³/mol. The maximum absolute atomic E-state index is 6.40. The maximum atomic E-state index is 6.40. The van der Waals surface area contributed by atoms with Gasteiger partial charge >= 0.3 is 0 Å². The highest BCUT2D eigenvalue weighted by atomic mass is 35.5. The number of halogens is 1. The second-order valence-electron chi connectivity index (χ2n) is 5.05. The van der Waals surface area contributed by atoms with Gasteiger partial charge in [0.1, 0.15) is 0 Å². The van der Waals surface area contributed by atoms with Gasteiger partial charge in [0.15, 0.2) is 0 Å². The van der Waals surface area contributed by atoms with Gasteiger partial charge in [-0.3, -0.25) is 4.98 Å². The molecule has 3 nitrogen and oxygen atoms in total. The Morgan fingerprint density at radius 1 is 1.26 bits per heavy atom. The number of benzene rings is 1. The molecule has 2 N–H and O–H groups in total. The number of anilines is 1. The molecule has 0 bridgehead atoms. The van der Waals surface area contributed by atoms with Crippen molar-refractivity contribution in [1.82, 2.24) is 4.98 Å². The van der Waals surface area contributed by atoms with Gasteiger partial charge in [-0.05, 0) is 44.0 Å². The maximum Gasteiger partial charge on any atom is 0.0770 e. The van der Waals surface area contributed by atoms with Gasteiger partial charge in [0, 0.05) is 25.2 Å². The molecule has 0 fully saturated rings. The molecule has 19 heavy (non-hydrogen) atoms. The first kappa shape index (κ1) is 14.1. The standard InChI is InChI=1S/C15H20ClN3/c1-9-5-6-12(16)13-14(9)18-10(2)11(7-8-17)15(13)19(3)4/h5-6H,7-8,17H2,1-4H3. The molecule has 0 radical (unpaired) electrons. The second kappa shape index (κ2) is 5.35. The summed E-state index contributed by atoms with van der Waals surface area (Å²) in [6.07, 6.45) is 0.812. The Kier molecular flexibility index (Phi) is 3.97. The molecular weight excluding hydrogens is 258 g/mol. The molecule has 2 rings (SSSR count). The van der Waals surface area contributed by atoms with E-state index in [4.69, 9.17) is 22.3 Å². The van der Waals surface area contributed by atoms with Crippen molar-refractivity contribution in [3.63, 3.8) is 0 Å². The summed E-state index contributed by atoms with van der Waals surface area (Å²) in [7, 11) is 4.07. The summed E-state index contributed by atoms with van der Waals surface area (Å²) in [6.45, 7) is 4.71. The van der Waals surface area contributed by atoms with Crippen molar-refractivity contribution in [2.24, 2.45) is 5.73 Å². The zero-order chi connectivity index (χ0) is 14.2. The van der Waals surface area contributed by atoms with Crippen molar-refractivity contribution < 1.29 is 0 Å². The smallest absolute Gasteiger partial charge is 0.0770 e. The lowest BCUT2D eigenvalue weighted by Gasteiger charge is -2.22. The Morgan fingerprint density at radius 3 is 2.53 bits per heavy atom. The fourth-order valence-electron chi connectivity index (χ4n) is 2.53. The molecule has 102 valence electrons. The van der Waals surface area contributed by atoms with Crippen molar-refractivity contribution in [3.05, 3.63) is 34.0 Å². The van der Waals surface area contributed by atoms with Crippen LogP contribution in [0, 0.1) is 13.8 Å². The SMILES string of the molecule is Cc1nc2c(C)ccc(Cl)c2c(N(C)C)c1CCN. The molecule has 4 heteroatoms. The molecular formula is C15H20ClN3. The van der Waals surface area contributed by atoms with Crippen molar-refractivity contribution in [2.75, 3.05) is 25.5 Å². The summed E-state index contributed by atoms with van der Waals surface area (Å²) >= 11 is 6.40. The van der Waals surface area contributed by atoms with E-state index in [1.807, 2.05) is 33.2 Å². The van der Waals surface area contributed by atoms with E-state index < -0.39 is 0 Å². The van der Waals surface area contributed by atoms with Crippen LogP contribution >= 0.6 is 11.6 Å². The summed E-state index contributed by atoms with van der Waals surface area (Å²) in [5, 5.41) is 1.77. The average Bonchev–Trinajstić information content (AvgIpc) is 2.35. The molecule has 0 saturated carbocycles. The second-order valence-corrected chi connectivity index (χ2v) is 5.45. The zero-order valence-electron chi connectivity index (χ0n) is 11.9. The van der Waals surface area contributed by atoms with Crippen molar-refractivity contribution >= 4 is 28.2 Å². The average molecular weight is 278 g/mol. The molecule has 0 spiro atoms. The number of fused-ring (bicyclic) bond motifs is 1. The monoisotopic (exact) mass is 277 g/mol. The molecule has 0 aliphatic rings. The Labute approximate surface area is 119 Å². The third-order valence-electron chi connectivity index (χ3n) is 3.41. The van der Waals surface area contributed by atoms with Crippen LogP contribution in [0.25, 0.3) is 10.9 Å². The molecule has 0 amide bonds. The number of rotatable bonds is 3. The fraction of sp³-hybridized carbons (Fsp3) is 0.400. The highest BCUT2D eigenvalue weighted by molar-refractivity contribution is 6.36. The minimum atomic E-state index is 0.609. The topological polar surface area (TPSA) is 42.2 Å². The van der Waals surface area contributed by atoms with Gasteiger partial charge in [0.25, 0.3) is 0 Å². The summed E-state index contributed by atoms with van der Waals surface area (Å²) in [4.78, 5) is 6.84. The molecule has 0 aliphatic carbocycles. The largest absolute Gasteiger partial charge is 0.377 e. The Bertz CT molecular complexity index is 621. The summed E-state index contributed by atoms with van der Waals surface area (Å²) < 4.78 is 0. The number of hydrogen-bond acceptors (Lipinski definition) is 3. The summed E-state index contributed by atoms with van der Waals surface area (Å²) in [6, 6.07) is 3.95. The number of aromatic nitrogens is 1. The first-order valence-electron chi connectivity index (χ1n) is 6.43. The van der Waals surface area contributed by atoms with E-state index in [0.717, 1.165) is 39.3 Å². The Hall–Kier alpha value is -1.32. The van der Waals surface area contributed by atoms with Gasteiger partial charge < -0.3 is 10.6 Å². The van der Waals surface area contributed by atoms with E-state index in [2.05, 4.69) is 11.8 Å². The van der Waals surface area contributed by atoms with E-state index in [9.17, 15) is 0 Å². The Morgan fingerprint density at radius 2 is 1.95 bits per heavy atom. The van der Waals surface area contributed by atoms with E-state index >= 15 is 0 Å². The summed E-state index contributed by atoms with van der Waals surface area (Å²) in [5.74, 6) is 0. The van der Waals surface area contributed by atoms with Crippen LogP contribution < -0.4 is 10.6 Å². The molecule has 0 atom stereocenters. The van der Waals surface area contributed by atoms with Gasteiger partial charge in [-0.2, -0.15) is 0 Å². The van der Waals surface area contributed by atoms with Gasteiger partial charge in [-0.15, -0.1) is 0 Å². The minimum Gasteiger partial charge on any atom is -0.377 e. The first-order chi connectivity index (χ1) is 8.97. The molecule has 1 aromatic carbocycles. The van der Waals surface area contributed by atoms with E-state index in [1.54, 1.807) is 0 Å². The molecule has 2 aromatic rings. The zero-order valence-corrected chi connectivity index (χ0v) is 12.7. The van der Waals surface area contributed by atoms with E-state index in [1.165, 1.54) is 5.56 Å².